The molecule has 5 nitrogen and oxygen atoms in total. The Hall–Kier alpha value is -1.46. The molecular formula is C15H24ClN3O2. The lowest BCUT2D eigenvalue weighted by atomic mass is 10.2. The fourth-order valence-electron chi connectivity index (χ4n) is 1.90. The highest BCUT2D eigenvalue weighted by Crippen LogP contribution is 2.31. The number of nitrogens with zero attached hydrogens (tertiary/aromatic N) is 1. The first kappa shape index (κ1) is 17.6. The highest BCUT2D eigenvalue weighted by atomic mass is 35.5. The van der Waals surface area contributed by atoms with Gasteiger partial charge in [-0.1, -0.05) is 17.7 Å². The number of hydrogen-bond donors (Lipinski definition) is 2. The molecule has 0 unspecified atom stereocenters. The fourth-order valence-corrected chi connectivity index (χ4v) is 2.20. The molecule has 1 aromatic rings. The molecule has 0 radical (unpaired) electrons. The molecular weight excluding hydrogens is 290 g/mol. The van der Waals surface area contributed by atoms with Crippen LogP contribution in [-0.2, 0) is 9.53 Å². The predicted octanol–water partition coefficient (Wildman–Crippen LogP) is 2.29. The molecule has 1 fully saturated rings. The highest BCUT2D eigenvalue weighted by Gasteiger charge is 2.15. The molecule has 118 valence electrons. The van der Waals surface area contributed by atoms with Crippen LogP contribution in [-0.4, -0.2) is 38.3 Å². The van der Waals surface area contributed by atoms with Crippen molar-refractivity contribution in [3.05, 3.63) is 23.2 Å². The topological polar surface area (TPSA) is 67.6 Å². The van der Waals surface area contributed by atoms with Crippen LogP contribution in [0, 0.1) is 0 Å². The minimum atomic E-state index is -0.318. The maximum Gasteiger partial charge on any atom is 0.293 e. The smallest absolute Gasteiger partial charge is 0.293 e. The van der Waals surface area contributed by atoms with Crippen molar-refractivity contribution in [2.24, 2.45) is 0 Å². The van der Waals surface area contributed by atoms with Gasteiger partial charge in [0.15, 0.2) is 0 Å². The van der Waals surface area contributed by atoms with Gasteiger partial charge in [0.1, 0.15) is 5.60 Å². The Morgan fingerprint density at radius 2 is 1.95 bits per heavy atom. The Morgan fingerprint density at radius 1 is 1.33 bits per heavy atom. The van der Waals surface area contributed by atoms with E-state index in [0.29, 0.717) is 6.47 Å². The molecule has 1 saturated heterocycles. The maximum atomic E-state index is 9.60. The molecule has 2 rings (SSSR count). The van der Waals surface area contributed by atoms with Gasteiger partial charge in [-0.05, 0) is 32.9 Å². The van der Waals surface area contributed by atoms with Crippen molar-refractivity contribution in [2.75, 3.05) is 36.8 Å². The van der Waals surface area contributed by atoms with Gasteiger partial charge in [-0.15, -0.1) is 0 Å². The van der Waals surface area contributed by atoms with Crippen LogP contribution in [0.1, 0.15) is 20.8 Å². The van der Waals surface area contributed by atoms with Crippen molar-refractivity contribution in [3.8, 4) is 0 Å². The van der Waals surface area contributed by atoms with Crippen molar-refractivity contribution in [1.29, 1.82) is 0 Å². The molecule has 6 heteroatoms. The molecule has 0 amide bonds. The number of nitrogens with one attached hydrogen (secondary N) is 1. The number of ether oxygens (including phenoxy) is 1. The van der Waals surface area contributed by atoms with E-state index in [9.17, 15) is 4.79 Å². The third-order valence-corrected chi connectivity index (χ3v) is 3.16. The number of carbonyl (C=O) groups is 1. The summed E-state index contributed by atoms with van der Waals surface area (Å²) in [5.41, 5.74) is 7.33. The summed E-state index contributed by atoms with van der Waals surface area (Å²) >= 11 is 6.12. The fraction of sp³-hybridized carbons (Fsp3) is 0.533. The van der Waals surface area contributed by atoms with Gasteiger partial charge in [0.05, 0.1) is 16.4 Å². The number of para-hydroxylation sites is 1. The Bertz CT molecular complexity index is 434. The van der Waals surface area contributed by atoms with E-state index in [1.807, 2.05) is 39.0 Å². The SMILES string of the molecule is CC(C)(C)OC=O.Nc1cccc(Cl)c1N1CCNCC1. The van der Waals surface area contributed by atoms with Gasteiger partial charge in [-0.2, -0.15) is 0 Å². The summed E-state index contributed by atoms with van der Waals surface area (Å²) in [5, 5.41) is 4.04. The number of benzene rings is 1. The first-order valence-electron chi connectivity index (χ1n) is 6.96. The molecule has 0 saturated carbocycles. The van der Waals surface area contributed by atoms with Crippen LogP contribution in [0.3, 0.4) is 0 Å². The van der Waals surface area contributed by atoms with E-state index in [1.54, 1.807) is 0 Å². The highest BCUT2D eigenvalue weighted by molar-refractivity contribution is 6.34. The number of nitrogens with two attached hydrogens (primary N) is 1. The van der Waals surface area contributed by atoms with Gasteiger partial charge in [-0.25, -0.2) is 0 Å². The van der Waals surface area contributed by atoms with E-state index in [4.69, 9.17) is 17.3 Å². The predicted molar refractivity (Wildman–Crippen MR) is 87.8 cm³/mol. The number of nitrogen functional groups attached to an aromatic ring is 1. The van der Waals surface area contributed by atoms with Crippen molar-refractivity contribution in [2.45, 2.75) is 26.4 Å². The van der Waals surface area contributed by atoms with Crippen molar-refractivity contribution in [1.82, 2.24) is 5.32 Å². The standard InChI is InChI=1S/C10H14ClN3.C5H10O2/c11-8-2-1-3-9(12)10(8)14-6-4-13-5-7-14;1-5(2,3)7-4-6/h1-3,13H,4-7,12H2;4H,1-3H3. The van der Waals surface area contributed by atoms with Crippen molar-refractivity contribution >= 4 is 29.4 Å². The molecule has 0 aromatic heterocycles. The molecule has 1 aliphatic rings. The molecule has 0 spiro atoms. The first-order chi connectivity index (χ1) is 9.85. The second-order valence-electron chi connectivity index (χ2n) is 5.74. The first-order valence-corrected chi connectivity index (χ1v) is 7.34. The summed E-state index contributed by atoms with van der Waals surface area (Å²) in [6, 6.07) is 5.65. The van der Waals surface area contributed by atoms with Gasteiger partial charge in [0.2, 0.25) is 0 Å². The third kappa shape index (κ3) is 6.23. The average molecular weight is 314 g/mol. The summed E-state index contributed by atoms with van der Waals surface area (Å²) in [5.74, 6) is 0. The number of anilines is 2. The van der Waals surface area contributed by atoms with Gasteiger partial charge in [0.25, 0.3) is 6.47 Å². The molecule has 1 heterocycles. The molecule has 0 aliphatic carbocycles. The largest absolute Gasteiger partial charge is 0.462 e. The molecule has 0 atom stereocenters. The van der Waals surface area contributed by atoms with Gasteiger partial charge in [0, 0.05) is 26.2 Å². The number of rotatable bonds is 2. The molecule has 1 aromatic carbocycles. The maximum absolute atomic E-state index is 9.60. The third-order valence-electron chi connectivity index (χ3n) is 2.85. The van der Waals surface area contributed by atoms with Gasteiger partial charge < -0.3 is 20.7 Å². The Balaban J connectivity index is 0.000000270. The van der Waals surface area contributed by atoms with E-state index >= 15 is 0 Å². The average Bonchev–Trinajstić information content (AvgIpc) is 2.39. The van der Waals surface area contributed by atoms with Crippen LogP contribution in [0.5, 0.6) is 0 Å². The van der Waals surface area contributed by atoms with Gasteiger partial charge in [-0.3, -0.25) is 4.79 Å². The second-order valence-corrected chi connectivity index (χ2v) is 6.15. The van der Waals surface area contributed by atoms with Crippen molar-refractivity contribution in [3.63, 3.8) is 0 Å². The van der Waals surface area contributed by atoms with E-state index in [0.717, 1.165) is 42.6 Å². The molecule has 0 bridgehead atoms. The van der Waals surface area contributed by atoms with Crippen LogP contribution >= 0.6 is 11.6 Å². The Kier molecular flexibility index (Phi) is 6.78. The summed E-state index contributed by atoms with van der Waals surface area (Å²) in [4.78, 5) is 11.8. The van der Waals surface area contributed by atoms with E-state index < -0.39 is 0 Å². The summed E-state index contributed by atoms with van der Waals surface area (Å²) in [6.07, 6.45) is 0. The van der Waals surface area contributed by atoms with E-state index in [-0.39, 0.29) is 5.60 Å². The normalized spacial score (nSPS) is 15.0. The monoisotopic (exact) mass is 313 g/mol. The summed E-state index contributed by atoms with van der Waals surface area (Å²) in [6.45, 7) is 9.83. The van der Waals surface area contributed by atoms with Gasteiger partial charge >= 0.3 is 0 Å². The van der Waals surface area contributed by atoms with E-state index in [1.165, 1.54) is 0 Å². The van der Waals surface area contributed by atoms with Crippen molar-refractivity contribution < 1.29 is 9.53 Å². The zero-order valence-electron chi connectivity index (χ0n) is 12.9. The minimum Gasteiger partial charge on any atom is -0.462 e. The zero-order chi connectivity index (χ0) is 15.9. The quantitative estimate of drug-likeness (QED) is 0.648. The van der Waals surface area contributed by atoms with Crippen LogP contribution in [0.2, 0.25) is 5.02 Å². The Labute approximate surface area is 131 Å². The lowest BCUT2D eigenvalue weighted by Crippen LogP contribution is -2.43. The number of carbonyl (C=O) groups excluding carboxylic acids is 1. The molecule has 21 heavy (non-hydrogen) atoms. The second kappa shape index (κ2) is 8.10. The molecule has 1 aliphatic heterocycles. The molecule has 3 N–H and O–H groups in total. The zero-order valence-corrected chi connectivity index (χ0v) is 13.6. The Morgan fingerprint density at radius 3 is 2.38 bits per heavy atom. The number of piperazine rings is 1. The number of halogens is 1. The minimum absolute atomic E-state index is 0.318. The lowest BCUT2D eigenvalue weighted by Gasteiger charge is -2.31. The van der Waals surface area contributed by atoms with E-state index in [2.05, 4.69) is 15.0 Å². The summed E-state index contributed by atoms with van der Waals surface area (Å²) < 4.78 is 4.55. The van der Waals surface area contributed by atoms with Crippen LogP contribution < -0.4 is 16.0 Å². The number of hydrogen-bond acceptors (Lipinski definition) is 5. The van der Waals surface area contributed by atoms with Crippen LogP contribution in [0.15, 0.2) is 18.2 Å². The lowest BCUT2D eigenvalue weighted by molar-refractivity contribution is -0.138. The van der Waals surface area contributed by atoms with Crippen LogP contribution in [0.25, 0.3) is 0 Å². The summed E-state index contributed by atoms with van der Waals surface area (Å²) in [7, 11) is 0. The van der Waals surface area contributed by atoms with Crippen LogP contribution in [0.4, 0.5) is 11.4 Å².